The first-order valence-electron chi connectivity index (χ1n) is 11.0. The van der Waals surface area contributed by atoms with E-state index in [2.05, 4.69) is 15.1 Å². The quantitative estimate of drug-likeness (QED) is 0.482. The Bertz CT molecular complexity index is 1330. The molecule has 3 heterocycles. The van der Waals surface area contributed by atoms with E-state index in [9.17, 15) is 4.79 Å². The van der Waals surface area contributed by atoms with Crippen LogP contribution in [0.3, 0.4) is 0 Å². The van der Waals surface area contributed by atoms with Gasteiger partial charge in [0.25, 0.3) is 5.91 Å². The highest BCUT2D eigenvalue weighted by Crippen LogP contribution is 2.35. The molecule has 0 spiro atoms. The minimum Gasteiger partial charge on any atom is -0.454 e. The van der Waals surface area contributed by atoms with E-state index in [1.165, 1.54) is 0 Å². The van der Waals surface area contributed by atoms with Gasteiger partial charge in [-0.1, -0.05) is 36.4 Å². The van der Waals surface area contributed by atoms with E-state index in [-0.39, 0.29) is 12.7 Å². The summed E-state index contributed by atoms with van der Waals surface area (Å²) < 4.78 is 10.8. The van der Waals surface area contributed by atoms with Crippen molar-refractivity contribution in [2.24, 2.45) is 0 Å². The molecule has 2 aliphatic rings. The number of aromatic nitrogens is 2. The molecular formula is C26H22N4O3. The maximum absolute atomic E-state index is 13.2. The maximum atomic E-state index is 13.2. The van der Waals surface area contributed by atoms with Crippen molar-refractivity contribution in [2.45, 2.75) is 0 Å². The van der Waals surface area contributed by atoms with Crippen molar-refractivity contribution in [3.8, 4) is 22.8 Å². The summed E-state index contributed by atoms with van der Waals surface area (Å²) in [6, 6.07) is 23.6. The van der Waals surface area contributed by atoms with E-state index >= 15 is 0 Å². The lowest BCUT2D eigenvalue weighted by molar-refractivity contribution is 0.0748. The minimum absolute atomic E-state index is 0.0793. The summed E-state index contributed by atoms with van der Waals surface area (Å²) in [6.45, 7) is 2.97. The van der Waals surface area contributed by atoms with Gasteiger partial charge < -0.3 is 19.3 Å². The fourth-order valence-electron chi connectivity index (χ4n) is 4.42. The van der Waals surface area contributed by atoms with Gasteiger partial charge in [-0.15, -0.1) is 10.2 Å². The van der Waals surface area contributed by atoms with Crippen LogP contribution in [0.4, 0.5) is 5.82 Å². The van der Waals surface area contributed by atoms with Crippen LogP contribution in [-0.4, -0.2) is 54.0 Å². The second-order valence-electron chi connectivity index (χ2n) is 8.15. The molecule has 0 atom stereocenters. The van der Waals surface area contributed by atoms with Gasteiger partial charge in [0, 0.05) is 37.3 Å². The number of carbonyl (C=O) groups is 1. The lowest BCUT2D eigenvalue weighted by atomic mass is 10.0. The second kappa shape index (κ2) is 8.09. The van der Waals surface area contributed by atoms with Gasteiger partial charge in [-0.2, -0.15) is 0 Å². The largest absolute Gasteiger partial charge is 0.454 e. The van der Waals surface area contributed by atoms with Crippen LogP contribution in [0.15, 0.2) is 72.8 Å². The molecule has 33 heavy (non-hydrogen) atoms. The predicted molar refractivity (Wildman–Crippen MR) is 126 cm³/mol. The highest BCUT2D eigenvalue weighted by atomic mass is 16.7. The predicted octanol–water partition coefficient (Wildman–Crippen LogP) is 3.99. The molecule has 1 aromatic heterocycles. The second-order valence-corrected chi connectivity index (χ2v) is 8.15. The van der Waals surface area contributed by atoms with E-state index in [0.29, 0.717) is 26.2 Å². The molecule has 0 bridgehead atoms. The Labute approximate surface area is 191 Å². The molecule has 6 rings (SSSR count). The lowest BCUT2D eigenvalue weighted by Gasteiger charge is -2.35. The van der Waals surface area contributed by atoms with Gasteiger partial charge in [0.15, 0.2) is 17.3 Å². The normalized spacial score (nSPS) is 15.2. The van der Waals surface area contributed by atoms with Crippen LogP contribution in [0.2, 0.25) is 0 Å². The first-order chi connectivity index (χ1) is 16.3. The van der Waals surface area contributed by atoms with Crippen molar-refractivity contribution in [3.63, 3.8) is 0 Å². The van der Waals surface area contributed by atoms with Crippen LogP contribution >= 0.6 is 0 Å². The number of anilines is 1. The number of hydrogen-bond acceptors (Lipinski definition) is 6. The van der Waals surface area contributed by atoms with Crippen LogP contribution in [0.5, 0.6) is 11.5 Å². The third kappa shape index (κ3) is 3.61. The Morgan fingerprint density at radius 2 is 1.61 bits per heavy atom. The Morgan fingerprint density at radius 3 is 2.45 bits per heavy atom. The third-order valence-corrected chi connectivity index (χ3v) is 6.23. The molecule has 0 unspecified atom stereocenters. The van der Waals surface area contributed by atoms with Crippen molar-refractivity contribution in [1.29, 1.82) is 0 Å². The molecule has 0 N–H and O–H groups in total. The molecule has 0 saturated carbocycles. The van der Waals surface area contributed by atoms with Crippen LogP contribution in [0, 0.1) is 0 Å². The van der Waals surface area contributed by atoms with Gasteiger partial charge in [0.2, 0.25) is 6.79 Å². The monoisotopic (exact) mass is 438 g/mol. The van der Waals surface area contributed by atoms with E-state index in [1.807, 2.05) is 77.7 Å². The minimum atomic E-state index is 0.0793. The smallest absolute Gasteiger partial charge is 0.254 e. The van der Waals surface area contributed by atoms with E-state index in [1.54, 1.807) is 0 Å². The van der Waals surface area contributed by atoms with Crippen LogP contribution in [0.1, 0.15) is 10.4 Å². The first-order valence-corrected chi connectivity index (χ1v) is 11.0. The summed E-state index contributed by atoms with van der Waals surface area (Å²) in [5.74, 6) is 2.37. The Kier molecular flexibility index (Phi) is 4.79. The van der Waals surface area contributed by atoms with Crippen molar-refractivity contribution >= 4 is 22.5 Å². The number of amides is 1. The standard InChI is InChI=1S/C26H22N4O3/c31-26(21-7-3-5-18-4-1-2-6-20(18)21)30-14-12-29(13-15-30)25-11-9-22(27-28-25)19-8-10-23-24(16-19)33-17-32-23/h1-11,16H,12-15,17H2. The molecule has 7 heteroatoms. The zero-order chi connectivity index (χ0) is 22.2. The van der Waals surface area contributed by atoms with Gasteiger partial charge in [-0.05, 0) is 47.2 Å². The average molecular weight is 438 g/mol. The number of ether oxygens (including phenoxy) is 2. The maximum Gasteiger partial charge on any atom is 0.254 e. The van der Waals surface area contributed by atoms with Gasteiger partial charge in [-0.3, -0.25) is 4.79 Å². The van der Waals surface area contributed by atoms with E-state index < -0.39 is 0 Å². The zero-order valence-electron chi connectivity index (χ0n) is 18.0. The highest BCUT2D eigenvalue weighted by Gasteiger charge is 2.24. The number of carbonyl (C=O) groups excluding carboxylic acids is 1. The van der Waals surface area contributed by atoms with Crippen LogP contribution in [0.25, 0.3) is 22.0 Å². The van der Waals surface area contributed by atoms with Gasteiger partial charge in [-0.25, -0.2) is 0 Å². The molecule has 1 saturated heterocycles. The molecule has 1 amide bonds. The van der Waals surface area contributed by atoms with Crippen molar-refractivity contribution in [3.05, 3.63) is 78.4 Å². The Hall–Kier alpha value is -4.13. The van der Waals surface area contributed by atoms with E-state index in [0.717, 1.165) is 44.9 Å². The van der Waals surface area contributed by atoms with Crippen LogP contribution in [-0.2, 0) is 0 Å². The molecule has 7 nitrogen and oxygen atoms in total. The summed E-state index contributed by atoms with van der Waals surface area (Å²) in [4.78, 5) is 17.3. The average Bonchev–Trinajstić information content (AvgIpc) is 3.36. The lowest BCUT2D eigenvalue weighted by Crippen LogP contribution is -2.49. The zero-order valence-corrected chi connectivity index (χ0v) is 18.0. The number of rotatable bonds is 3. The molecule has 0 radical (unpaired) electrons. The molecule has 164 valence electrons. The summed E-state index contributed by atoms with van der Waals surface area (Å²) in [7, 11) is 0. The number of benzene rings is 3. The summed E-state index contributed by atoms with van der Waals surface area (Å²) in [6.07, 6.45) is 0. The molecule has 2 aliphatic heterocycles. The summed E-state index contributed by atoms with van der Waals surface area (Å²) in [5.41, 5.74) is 2.47. The molecule has 4 aromatic rings. The molecular weight excluding hydrogens is 416 g/mol. The summed E-state index contributed by atoms with van der Waals surface area (Å²) in [5, 5.41) is 10.9. The van der Waals surface area contributed by atoms with Crippen LogP contribution < -0.4 is 14.4 Å². The Morgan fingerprint density at radius 1 is 0.788 bits per heavy atom. The first kappa shape index (κ1) is 19.5. The Balaban J connectivity index is 1.14. The number of piperazine rings is 1. The SMILES string of the molecule is O=C(c1cccc2ccccc12)N1CCN(c2ccc(-c3ccc4c(c3)OCO4)nn2)CC1. The highest BCUT2D eigenvalue weighted by molar-refractivity contribution is 6.07. The van der Waals surface area contributed by atoms with Gasteiger partial charge >= 0.3 is 0 Å². The summed E-state index contributed by atoms with van der Waals surface area (Å²) >= 11 is 0. The molecule has 0 aliphatic carbocycles. The number of fused-ring (bicyclic) bond motifs is 2. The van der Waals surface area contributed by atoms with Crippen molar-refractivity contribution in [1.82, 2.24) is 15.1 Å². The fourth-order valence-corrected chi connectivity index (χ4v) is 4.42. The number of nitrogens with zero attached hydrogens (tertiary/aromatic N) is 4. The topological polar surface area (TPSA) is 67.8 Å². The molecule has 1 fully saturated rings. The van der Waals surface area contributed by atoms with Crippen molar-refractivity contribution in [2.75, 3.05) is 37.9 Å². The van der Waals surface area contributed by atoms with E-state index in [4.69, 9.17) is 9.47 Å². The van der Waals surface area contributed by atoms with Crippen molar-refractivity contribution < 1.29 is 14.3 Å². The third-order valence-electron chi connectivity index (χ3n) is 6.23. The van der Waals surface area contributed by atoms with Gasteiger partial charge in [0.1, 0.15) is 0 Å². The number of hydrogen-bond donors (Lipinski definition) is 0. The molecule has 3 aromatic carbocycles. The fraction of sp³-hybridized carbons (Fsp3) is 0.192. The van der Waals surface area contributed by atoms with Gasteiger partial charge in [0.05, 0.1) is 5.69 Å².